The summed E-state index contributed by atoms with van der Waals surface area (Å²) in [6.07, 6.45) is 0. The van der Waals surface area contributed by atoms with E-state index in [1.807, 2.05) is 0 Å². The minimum Gasteiger partial charge on any atom is -0.0619 e. The molecule has 0 saturated heterocycles. The fourth-order valence-corrected chi connectivity index (χ4v) is 10.2. The first-order valence-electron chi connectivity index (χ1n) is 18.6. The van der Waals surface area contributed by atoms with Gasteiger partial charge in [0.15, 0.2) is 0 Å². The second-order valence-electron chi connectivity index (χ2n) is 16.0. The fraction of sp³-hybridized carbons (Fsp3) is 0.115. The lowest BCUT2D eigenvalue weighted by atomic mass is 9.78. The molecule has 0 amide bonds. The van der Waals surface area contributed by atoms with E-state index in [1.165, 1.54) is 110 Å². The zero-order chi connectivity index (χ0) is 34.9. The fourth-order valence-electron chi connectivity index (χ4n) is 10.2. The summed E-state index contributed by atoms with van der Waals surface area (Å²) in [5, 5.41) is 10.4. The van der Waals surface area contributed by atoms with Gasteiger partial charge < -0.3 is 0 Å². The maximum absolute atomic E-state index is 2.54. The van der Waals surface area contributed by atoms with Crippen molar-refractivity contribution in [2.45, 2.75) is 38.5 Å². The minimum absolute atomic E-state index is 0.107. The molecule has 0 N–H and O–H groups in total. The SMILES string of the molecule is CC1(C)c2cccc(-c3c4ccccc4c(-c4cc5c(c6ccccc46)-c4ccccc4C5(C)C)c4ccccc34)c2-c2c1ccc1ccccc21. The van der Waals surface area contributed by atoms with Crippen LogP contribution in [0.2, 0.25) is 0 Å². The maximum atomic E-state index is 2.54. The molecular formula is C52H38. The topological polar surface area (TPSA) is 0 Å². The predicted octanol–water partition coefficient (Wildman–Crippen LogP) is 14.2. The van der Waals surface area contributed by atoms with Crippen molar-refractivity contribution in [2.75, 3.05) is 0 Å². The van der Waals surface area contributed by atoms with Gasteiger partial charge in [0.1, 0.15) is 0 Å². The molecule has 0 nitrogen and oxygen atoms in total. The summed E-state index contributed by atoms with van der Waals surface area (Å²) in [6, 6.07) is 59.6. The third kappa shape index (κ3) is 3.72. The Morgan fingerprint density at radius 1 is 0.269 bits per heavy atom. The molecule has 0 aliphatic heterocycles. The van der Waals surface area contributed by atoms with Gasteiger partial charge >= 0.3 is 0 Å². The first kappa shape index (κ1) is 29.7. The van der Waals surface area contributed by atoms with Crippen LogP contribution in [0.15, 0.2) is 158 Å². The summed E-state index contributed by atoms with van der Waals surface area (Å²) in [5.41, 5.74) is 16.2. The zero-order valence-corrected chi connectivity index (χ0v) is 30.0. The Hall–Kier alpha value is -5.98. The quantitative estimate of drug-likeness (QED) is 0.162. The molecule has 0 radical (unpaired) electrons. The predicted molar refractivity (Wildman–Crippen MR) is 222 cm³/mol. The number of fused-ring (bicyclic) bond motifs is 12. The van der Waals surface area contributed by atoms with Crippen LogP contribution < -0.4 is 0 Å². The van der Waals surface area contributed by atoms with Crippen molar-refractivity contribution in [3.8, 4) is 44.5 Å². The van der Waals surface area contributed by atoms with E-state index in [2.05, 4.69) is 185 Å². The number of hydrogen-bond acceptors (Lipinski definition) is 0. The van der Waals surface area contributed by atoms with Crippen molar-refractivity contribution in [1.29, 1.82) is 0 Å². The van der Waals surface area contributed by atoms with Crippen molar-refractivity contribution >= 4 is 43.1 Å². The van der Waals surface area contributed by atoms with Gasteiger partial charge in [-0.2, -0.15) is 0 Å². The van der Waals surface area contributed by atoms with Crippen LogP contribution in [-0.2, 0) is 10.8 Å². The smallest absolute Gasteiger partial charge is 0.0159 e. The second-order valence-corrected chi connectivity index (χ2v) is 16.0. The van der Waals surface area contributed by atoms with Crippen molar-refractivity contribution in [1.82, 2.24) is 0 Å². The van der Waals surface area contributed by atoms with Crippen LogP contribution in [0.1, 0.15) is 49.9 Å². The van der Waals surface area contributed by atoms with Gasteiger partial charge in [0, 0.05) is 10.8 Å². The van der Waals surface area contributed by atoms with Crippen molar-refractivity contribution in [2.24, 2.45) is 0 Å². The number of rotatable bonds is 2. The summed E-state index contributed by atoms with van der Waals surface area (Å²) in [4.78, 5) is 0. The van der Waals surface area contributed by atoms with Crippen LogP contribution in [0, 0.1) is 0 Å². The highest BCUT2D eigenvalue weighted by Gasteiger charge is 2.39. The van der Waals surface area contributed by atoms with E-state index in [4.69, 9.17) is 0 Å². The Labute approximate surface area is 305 Å². The van der Waals surface area contributed by atoms with E-state index in [9.17, 15) is 0 Å². The lowest BCUT2D eigenvalue weighted by Gasteiger charge is -2.25. The number of benzene rings is 9. The summed E-state index contributed by atoms with van der Waals surface area (Å²) in [7, 11) is 0. The van der Waals surface area contributed by atoms with Crippen molar-refractivity contribution in [3.63, 3.8) is 0 Å². The summed E-state index contributed by atoms with van der Waals surface area (Å²) in [5.74, 6) is 0. The first-order valence-corrected chi connectivity index (χ1v) is 18.6. The van der Waals surface area contributed by atoms with E-state index >= 15 is 0 Å². The summed E-state index contributed by atoms with van der Waals surface area (Å²) < 4.78 is 0. The average molecular weight is 663 g/mol. The third-order valence-corrected chi connectivity index (χ3v) is 12.6. The Bertz CT molecular complexity index is 2950. The molecule has 0 spiro atoms. The maximum Gasteiger partial charge on any atom is 0.0159 e. The van der Waals surface area contributed by atoms with Gasteiger partial charge in [0.25, 0.3) is 0 Å². The summed E-state index contributed by atoms with van der Waals surface area (Å²) >= 11 is 0. The molecule has 0 aromatic heterocycles. The lowest BCUT2D eigenvalue weighted by molar-refractivity contribution is 0.661. The first-order chi connectivity index (χ1) is 25.4. The highest BCUT2D eigenvalue weighted by Crippen LogP contribution is 2.58. The van der Waals surface area contributed by atoms with Crippen molar-refractivity contribution in [3.05, 3.63) is 180 Å². The largest absolute Gasteiger partial charge is 0.0619 e. The molecule has 0 fully saturated rings. The molecule has 0 bridgehead atoms. The van der Waals surface area contributed by atoms with Gasteiger partial charge in [-0.15, -0.1) is 0 Å². The van der Waals surface area contributed by atoms with E-state index in [1.54, 1.807) is 0 Å². The van der Waals surface area contributed by atoms with E-state index in [0.29, 0.717) is 0 Å². The monoisotopic (exact) mass is 662 g/mol. The molecule has 0 heterocycles. The van der Waals surface area contributed by atoms with Gasteiger partial charge in [0.2, 0.25) is 0 Å². The summed E-state index contributed by atoms with van der Waals surface area (Å²) in [6.45, 7) is 9.59. The minimum atomic E-state index is -0.107. The molecule has 246 valence electrons. The molecule has 2 aliphatic carbocycles. The standard InChI is InChI=1S/C52H38/c1-51(2)42-26-14-13-24-39(42)48-34-19-8-7-18-33(34)41(30-45(48)51)47-37-22-11-9-20-35(37)46(36-21-10-12-23-38(36)47)40-25-15-27-43-50(40)49-32-17-6-5-16-31(32)28-29-44(49)52(43,3)4/h5-30H,1-4H3. The van der Waals surface area contributed by atoms with Crippen LogP contribution in [0.25, 0.3) is 87.6 Å². The molecule has 9 aromatic rings. The zero-order valence-electron chi connectivity index (χ0n) is 30.0. The second kappa shape index (κ2) is 10.3. The molecule has 0 atom stereocenters. The molecule has 2 aliphatic rings. The molecule has 9 aromatic carbocycles. The van der Waals surface area contributed by atoms with Gasteiger partial charge in [-0.1, -0.05) is 179 Å². The normalized spacial score (nSPS) is 14.8. The highest BCUT2D eigenvalue weighted by atomic mass is 14.4. The Kier molecular flexibility index (Phi) is 5.89. The van der Waals surface area contributed by atoms with Gasteiger partial charge in [-0.05, 0) is 116 Å². The van der Waals surface area contributed by atoms with Crippen molar-refractivity contribution < 1.29 is 0 Å². The Balaban J connectivity index is 1.28. The van der Waals surface area contributed by atoms with Crippen LogP contribution in [0.5, 0.6) is 0 Å². The number of hydrogen-bond donors (Lipinski definition) is 0. The average Bonchev–Trinajstić information content (AvgIpc) is 3.56. The van der Waals surface area contributed by atoms with Gasteiger partial charge in [-0.3, -0.25) is 0 Å². The van der Waals surface area contributed by atoms with Crippen LogP contribution >= 0.6 is 0 Å². The highest BCUT2D eigenvalue weighted by molar-refractivity contribution is 6.26. The van der Waals surface area contributed by atoms with E-state index < -0.39 is 0 Å². The van der Waals surface area contributed by atoms with E-state index in [-0.39, 0.29) is 10.8 Å². The molecule has 0 unspecified atom stereocenters. The van der Waals surface area contributed by atoms with Crippen LogP contribution in [0.3, 0.4) is 0 Å². The van der Waals surface area contributed by atoms with Crippen LogP contribution in [0.4, 0.5) is 0 Å². The lowest BCUT2D eigenvalue weighted by Crippen LogP contribution is -2.15. The molecule has 0 heteroatoms. The van der Waals surface area contributed by atoms with Crippen LogP contribution in [-0.4, -0.2) is 0 Å². The Morgan fingerprint density at radius 3 is 1.40 bits per heavy atom. The van der Waals surface area contributed by atoms with E-state index in [0.717, 1.165) is 0 Å². The third-order valence-electron chi connectivity index (χ3n) is 12.6. The van der Waals surface area contributed by atoms with Gasteiger partial charge in [-0.25, -0.2) is 0 Å². The molecule has 0 saturated carbocycles. The van der Waals surface area contributed by atoms with Gasteiger partial charge in [0.05, 0.1) is 0 Å². The molecule has 11 rings (SSSR count). The molecular weight excluding hydrogens is 625 g/mol. The molecule has 52 heavy (non-hydrogen) atoms. The Morgan fingerprint density at radius 2 is 0.731 bits per heavy atom.